The number of nitrogens with zero attached hydrogens (tertiary/aromatic N) is 4. The number of benzene rings is 1. The molecule has 0 unspecified atom stereocenters. The lowest BCUT2D eigenvalue weighted by Gasteiger charge is -2.14. The molecule has 1 N–H and O–H groups in total. The van der Waals surface area contributed by atoms with Crippen molar-refractivity contribution in [2.45, 2.75) is 6.92 Å². The fourth-order valence-corrected chi connectivity index (χ4v) is 4.48. The van der Waals surface area contributed by atoms with E-state index in [0.717, 1.165) is 10.2 Å². The molecule has 0 fully saturated rings. The Morgan fingerprint density at radius 2 is 1.93 bits per heavy atom. The smallest absolute Gasteiger partial charge is 0.265 e. The van der Waals surface area contributed by atoms with Crippen LogP contribution in [0.3, 0.4) is 0 Å². The number of aryl methyl sites for hydroxylation is 1. The molecule has 2 heterocycles. The molecule has 0 spiro atoms. The van der Waals surface area contributed by atoms with Gasteiger partial charge >= 0.3 is 0 Å². The number of thiazole rings is 2. The zero-order valence-corrected chi connectivity index (χ0v) is 17.9. The maximum Gasteiger partial charge on any atom is 0.265 e. The number of carbonyl (C=O) groups is 2. The van der Waals surface area contributed by atoms with Gasteiger partial charge in [0.15, 0.2) is 10.3 Å². The van der Waals surface area contributed by atoms with Gasteiger partial charge in [0.05, 0.1) is 24.0 Å². The lowest BCUT2D eigenvalue weighted by Crippen LogP contribution is -2.29. The molecule has 3 aromatic rings. The number of aromatic nitrogens is 2. The molecule has 0 bridgehead atoms. The van der Waals surface area contributed by atoms with Crippen molar-refractivity contribution >= 4 is 55.0 Å². The number of nitrogens with one attached hydrogen (secondary N) is 1. The maximum atomic E-state index is 12.4. The van der Waals surface area contributed by atoms with E-state index in [1.165, 1.54) is 27.6 Å². The molecular weight excluding hydrogens is 398 g/mol. The van der Waals surface area contributed by atoms with E-state index in [0.29, 0.717) is 26.6 Å². The second-order valence-electron chi connectivity index (χ2n) is 6.34. The Morgan fingerprint density at radius 3 is 2.61 bits per heavy atom. The average molecular weight is 420 g/mol. The number of methoxy groups -OCH3 is 1. The second kappa shape index (κ2) is 8.11. The number of fused-ring (bicyclic) bond motifs is 1. The molecule has 0 saturated heterocycles. The normalized spacial score (nSPS) is 10.8. The highest BCUT2D eigenvalue weighted by Crippen LogP contribution is 2.33. The van der Waals surface area contributed by atoms with Crippen LogP contribution in [0.1, 0.15) is 15.4 Å². The lowest BCUT2D eigenvalue weighted by atomic mass is 10.3. The van der Waals surface area contributed by atoms with Gasteiger partial charge in [-0.1, -0.05) is 28.7 Å². The van der Waals surface area contributed by atoms with Crippen LogP contribution >= 0.6 is 22.7 Å². The van der Waals surface area contributed by atoms with Crippen molar-refractivity contribution in [3.63, 3.8) is 0 Å². The number of para-hydroxylation sites is 1. The highest BCUT2D eigenvalue weighted by Gasteiger charge is 2.19. The Balaban J connectivity index is 1.70. The maximum absolute atomic E-state index is 12.4. The largest absolute Gasteiger partial charge is 0.494 e. The SMILES string of the molecule is COc1cccc2sc(N(C)CC(=O)Nc3nc(C)c(C(=O)N(C)C)s3)nc12. The van der Waals surface area contributed by atoms with Gasteiger partial charge in [-0.25, -0.2) is 9.97 Å². The number of amides is 2. The fourth-order valence-electron chi connectivity index (χ4n) is 2.53. The standard InChI is InChI=1S/C18H21N5O3S2/c1-10-15(16(25)22(2)3)28-17(19-10)20-13(24)9-23(4)18-21-14-11(26-5)7-6-8-12(14)27-18/h6-8H,9H2,1-5H3,(H,19,20,24). The molecule has 148 valence electrons. The first-order chi connectivity index (χ1) is 13.3. The summed E-state index contributed by atoms with van der Waals surface area (Å²) in [5, 5.41) is 3.89. The molecule has 0 aliphatic rings. The Bertz CT molecular complexity index is 1030. The van der Waals surface area contributed by atoms with Crippen molar-refractivity contribution in [2.24, 2.45) is 0 Å². The van der Waals surface area contributed by atoms with Gasteiger partial charge in [-0.15, -0.1) is 0 Å². The van der Waals surface area contributed by atoms with Crippen LogP contribution in [0, 0.1) is 6.92 Å². The molecule has 1 aromatic carbocycles. The van der Waals surface area contributed by atoms with Gasteiger partial charge in [0.2, 0.25) is 5.91 Å². The summed E-state index contributed by atoms with van der Waals surface area (Å²) < 4.78 is 6.33. The third kappa shape index (κ3) is 4.07. The molecule has 2 amide bonds. The topological polar surface area (TPSA) is 87.7 Å². The minimum absolute atomic E-state index is 0.109. The Hall–Kier alpha value is -2.72. The summed E-state index contributed by atoms with van der Waals surface area (Å²) in [5.74, 6) is 0.344. The predicted octanol–water partition coefficient (Wildman–Crippen LogP) is 2.85. The van der Waals surface area contributed by atoms with E-state index in [1.807, 2.05) is 18.2 Å². The number of likely N-dealkylation sites (N-methyl/N-ethyl adjacent to an activating group) is 1. The van der Waals surface area contributed by atoms with E-state index in [9.17, 15) is 9.59 Å². The lowest BCUT2D eigenvalue weighted by molar-refractivity contribution is -0.114. The first kappa shape index (κ1) is 20.0. The molecular formula is C18H21N5O3S2. The number of hydrogen-bond acceptors (Lipinski definition) is 8. The summed E-state index contributed by atoms with van der Waals surface area (Å²) >= 11 is 2.66. The molecule has 10 heteroatoms. The summed E-state index contributed by atoms with van der Waals surface area (Å²) in [5.41, 5.74) is 1.38. The van der Waals surface area contributed by atoms with E-state index in [2.05, 4.69) is 15.3 Å². The van der Waals surface area contributed by atoms with Crippen molar-refractivity contribution in [1.29, 1.82) is 0 Å². The second-order valence-corrected chi connectivity index (χ2v) is 8.35. The molecule has 0 atom stereocenters. The van der Waals surface area contributed by atoms with Gasteiger partial charge in [0.25, 0.3) is 5.91 Å². The van der Waals surface area contributed by atoms with Crippen LogP contribution in [-0.2, 0) is 4.79 Å². The number of ether oxygens (including phenoxy) is 1. The first-order valence-electron chi connectivity index (χ1n) is 8.43. The predicted molar refractivity (Wildman–Crippen MR) is 113 cm³/mol. The minimum atomic E-state index is -0.230. The number of rotatable bonds is 6. The van der Waals surface area contributed by atoms with Crippen molar-refractivity contribution < 1.29 is 14.3 Å². The van der Waals surface area contributed by atoms with Crippen LogP contribution in [-0.4, -0.2) is 61.5 Å². The van der Waals surface area contributed by atoms with Gasteiger partial charge in [-0.3, -0.25) is 9.59 Å². The van der Waals surface area contributed by atoms with E-state index in [1.54, 1.807) is 40.1 Å². The van der Waals surface area contributed by atoms with Crippen molar-refractivity contribution in [1.82, 2.24) is 14.9 Å². The summed E-state index contributed by atoms with van der Waals surface area (Å²) in [6.07, 6.45) is 0. The van der Waals surface area contributed by atoms with Crippen molar-refractivity contribution in [3.05, 3.63) is 28.8 Å². The molecule has 3 rings (SSSR count). The first-order valence-corrected chi connectivity index (χ1v) is 10.1. The monoisotopic (exact) mass is 419 g/mol. The van der Waals surface area contributed by atoms with Crippen molar-refractivity contribution in [3.8, 4) is 5.75 Å². The van der Waals surface area contributed by atoms with E-state index >= 15 is 0 Å². The Kier molecular flexibility index (Phi) is 5.80. The van der Waals surface area contributed by atoms with Gasteiger partial charge in [-0.05, 0) is 19.1 Å². The van der Waals surface area contributed by atoms with Crippen LogP contribution in [0.25, 0.3) is 10.2 Å². The van der Waals surface area contributed by atoms with Crippen LogP contribution in [0.5, 0.6) is 5.75 Å². The van der Waals surface area contributed by atoms with Gasteiger partial charge in [-0.2, -0.15) is 0 Å². The molecule has 8 nitrogen and oxygen atoms in total. The Morgan fingerprint density at radius 1 is 1.18 bits per heavy atom. The van der Waals surface area contributed by atoms with Crippen molar-refractivity contribution in [2.75, 3.05) is 45.0 Å². The van der Waals surface area contributed by atoms with Gasteiger partial charge in [0.1, 0.15) is 16.1 Å². The summed E-state index contributed by atoms with van der Waals surface area (Å²) in [6, 6.07) is 5.73. The number of hydrogen-bond donors (Lipinski definition) is 1. The number of carbonyl (C=O) groups excluding carboxylic acids is 2. The van der Waals surface area contributed by atoms with Gasteiger partial charge < -0.3 is 19.9 Å². The third-order valence-corrected chi connectivity index (χ3v) is 6.14. The molecule has 0 radical (unpaired) electrons. The zero-order chi connectivity index (χ0) is 20.4. The third-order valence-electron chi connectivity index (χ3n) is 3.94. The van der Waals surface area contributed by atoms with E-state index in [-0.39, 0.29) is 18.4 Å². The summed E-state index contributed by atoms with van der Waals surface area (Å²) in [4.78, 5) is 37.2. The quantitative estimate of drug-likeness (QED) is 0.661. The summed E-state index contributed by atoms with van der Waals surface area (Å²) in [6.45, 7) is 1.86. The van der Waals surface area contributed by atoms with Gasteiger partial charge in [0, 0.05) is 21.1 Å². The number of anilines is 2. The molecule has 0 aliphatic heterocycles. The average Bonchev–Trinajstić information content (AvgIpc) is 3.23. The fraction of sp³-hybridized carbons (Fsp3) is 0.333. The van der Waals surface area contributed by atoms with Crippen LogP contribution in [0.2, 0.25) is 0 Å². The Labute approximate surface area is 170 Å². The zero-order valence-electron chi connectivity index (χ0n) is 16.3. The van der Waals surface area contributed by atoms with E-state index < -0.39 is 0 Å². The van der Waals surface area contributed by atoms with Crippen LogP contribution in [0.4, 0.5) is 10.3 Å². The highest BCUT2D eigenvalue weighted by molar-refractivity contribution is 7.22. The molecule has 0 saturated carbocycles. The minimum Gasteiger partial charge on any atom is -0.494 e. The highest BCUT2D eigenvalue weighted by atomic mass is 32.1. The summed E-state index contributed by atoms with van der Waals surface area (Å²) in [7, 11) is 6.78. The van der Waals surface area contributed by atoms with Crippen LogP contribution in [0.15, 0.2) is 18.2 Å². The van der Waals surface area contributed by atoms with E-state index in [4.69, 9.17) is 4.74 Å². The molecule has 0 aliphatic carbocycles. The molecule has 28 heavy (non-hydrogen) atoms. The molecule has 2 aromatic heterocycles. The van der Waals surface area contributed by atoms with Crippen LogP contribution < -0.4 is 15.0 Å².